The molecule has 0 saturated heterocycles. The van der Waals surface area contributed by atoms with Gasteiger partial charge < -0.3 is 10.2 Å². The van der Waals surface area contributed by atoms with Gasteiger partial charge in [-0.25, -0.2) is 18.6 Å². The number of hydrogen-bond acceptors (Lipinski definition) is 6. The van der Waals surface area contributed by atoms with E-state index in [9.17, 15) is 10.2 Å². The van der Waals surface area contributed by atoms with Crippen molar-refractivity contribution in [2.24, 2.45) is 0 Å². The maximum Gasteiger partial charge on any atom is 0.205 e. The fourth-order valence-corrected chi connectivity index (χ4v) is 2.01. The van der Waals surface area contributed by atoms with Crippen molar-refractivity contribution in [1.29, 1.82) is 0 Å². The maximum absolute atomic E-state index is 9.61. The molecule has 2 N–H and O–H groups in total. The first-order valence-corrected chi connectivity index (χ1v) is 8.46. The zero-order valence-electron chi connectivity index (χ0n) is 12.1. The van der Waals surface area contributed by atoms with Crippen LogP contribution in [0.5, 0.6) is 0 Å². The van der Waals surface area contributed by atoms with E-state index in [4.69, 9.17) is 41.8 Å². The molecule has 1 rings (SSSR count). The molecule has 0 radical (unpaired) electrons. The van der Waals surface area contributed by atoms with E-state index < -0.39 is 22.5 Å². The minimum Gasteiger partial charge on any atom is -0.390 e. The van der Waals surface area contributed by atoms with Crippen molar-refractivity contribution in [3.63, 3.8) is 0 Å². The Hall–Kier alpha value is -0.160. The Morgan fingerprint density at radius 2 is 1.59 bits per heavy atom. The molecule has 130 valence electrons. The predicted octanol–water partition coefficient (Wildman–Crippen LogP) is -4.16. The number of aryl methyl sites for hydroxylation is 2. The highest BCUT2D eigenvalue weighted by atomic mass is 35.7. The molecule has 2 unspecified atom stereocenters. The van der Waals surface area contributed by atoms with E-state index in [2.05, 4.69) is 0 Å². The molecule has 0 aliphatic carbocycles. The summed E-state index contributed by atoms with van der Waals surface area (Å²) in [5.74, 6) is 0.378. The Morgan fingerprint density at radius 1 is 1.14 bits per heavy atom. The van der Waals surface area contributed by atoms with Crippen molar-refractivity contribution in [3.8, 4) is 0 Å². The van der Waals surface area contributed by atoms with Crippen LogP contribution in [0.3, 0.4) is 0 Å². The van der Waals surface area contributed by atoms with Gasteiger partial charge in [0.2, 0.25) is 5.69 Å². The molecule has 0 aromatic carbocycles. The summed E-state index contributed by atoms with van der Waals surface area (Å²) in [6, 6.07) is 2.00. The fourth-order valence-electron chi connectivity index (χ4n) is 1.81. The maximum atomic E-state index is 9.61. The van der Waals surface area contributed by atoms with E-state index in [1.807, 2.05) is 29.3 Å². The quantitative estimate of drug-likeness (QED) is 0.378. The molecule has 11 heteroatoms. The molecular weight excluding hydrogens is 362 g/mol. The lowest BCUT2D eigenvalue weighted by Crippen LogP contribution is -2.68. The molecule has 8 nitrogen and oxygen atoms in total. The molecule has 0 bridgehead atoms. The minimum atomic E-state index is -4.94. The Bertz CT molecular complexity index is 413. The molecule has 1 heterocycles. The summed E-state index contributed by atoms with van der Waals surface area (Å²) in [5, 5.41) is 19.2. The molecule has 2 atom stereocenters. The first kappa shape index (κ1) is 21.8. The standard InChI is InChI=1S/C11H19Cl2N2O2.ClHO4/c1-8-3-9(2)15(7-11(17)5-13)14(8)6-10(16)4-12;2-1(3,4)5/h3,10-11,16-17H,4-7H2,1-2H3;(H,2,3,4,5)/q+1;/p-1. The van der Waals surface area contributed by atoms with E-state index in [1.165, 1.54) is 0 Å². The molecule has 0 saturated carbocycles. The van der Waals surface area contributed by atoms with Gasteiger partial charge >= 0.3 is 0 Å². The van der Waals surface area contributed by atoms with Crippen LogP contribution in [0.1, 0.15) is 11.4 Å². The van der Waals surface area contributed by atoms with E-state index in [-0.39, 0.29) is 11.8 Å². The summed E-state index contributed by atoms with van der Waals surface area (Å²) >= 11 is 11.2. The van der Waals surface area contributed by atoms with Crippen LogP contribution >= 0.6 is 23.2 Å². The number of hydrogen-bond donors (Lipinski definition) is 2. The summed E-state index contributed by atoms with van der Waals surface area (Å²) in [7, 11) is -4.94. The van der Waals surface area contributed by atoms with Crippen LogP contribution in [0.2, 0.25) is 0 Å². The summed E-state index contributed by atoms with van der Waals surface area (Å²) < 4.78 is 37.8. The largest absolute Gasteiger partial charge is 0.390 e. The van der Waals surface area contributed by atoms with Crippen molar-refractivity contribution >= 4 is 23.2 Å². The minimum absolute atomic E-state index is 0.189. The topological polar surface area (TPSA) is 142 Å². The Kier molecular flexibility index (Phi) is 9.79. The van der Waals surface area contributed by atoms with Gasteiger partial charge in [-0.15, -0.1) is 38.1 Å². The second-order valence-electron chi connectivity index (χ2n) is 4.59. The van der Waals surface area contributed by atoms with Gasteiger partial charge in [0.1, 0.15) is 12.6 Å². The van der Waals surface area contributed by atoms with Crippen molar-refractivity contribution in [1.82, 2.24) is 4.68 Å². The summed E-state index contributed by atoms with van der Waals surface area (Å²) in [6.45, 7) is 4.74. The van der Waals surface area contributed by atoms with E-state index in [0.717, 1.165) is 11.4 Å². The number of aliphatic hydroxyl groups is 2. The third-order valence-electron chi connectivity index (χ3n) is 2.65. The molecule has 22 heavy (non-hydrogen) atoms. The SMILES string of the molecule is Cc1cc(C)[n+](CC(O)CCl)n1CC(O)CCl.[O-][Cl+3]([O-])([O-])[O-]. The zero-order valence-corrected chi connectivity index (χ0v) is 14.4. The second-order valence-corrected chi connectivity index (χ2v) is 5.96. The zero-order chi connectivity index (χ0) is 17.5. The van der Waals surface area contributed by atoms with Crippen LogP contribution < -0.4 is 23.3 Å². The lowest BCUT2D eigenvalue weighted by atomic mass is 10.3. The van der Waals surface area contributed by atoms with E-state index in [0.29, 0.717) is 13.1 Å². The molecule has 0 aliphatic rings. The number of aromatic nitrogens is 2. The Morgan fingerprint density at radius 3 is 2.00 bits per heavy atom. The van der Waals surface area contributed by atoms with Gasteiger partial charge in [-0.1, -0.05) is 0 Å². The number of aliphatic hydroxyl groups excluding tert-OH is 2. The molecular formula is C11H19Cl3N2O6. The molecule has 0 fully saturated rings. The normalized spacial score (nSPS) is 14.3. The summed E-state index contributed by atoms with van der Waals surface area (Å²) in [6.07, 6.45) is -1.19. The Labute approximate surface area is 140 Å². The summed E-state index contributed by atoms with van der Waals surface area (Å²) in [5.41, 5.74) is 2.04. The lowest BCUT2D eigenvalue weighted by Gasteiger charge is -2.17. The molecule has 0 spiro atoms. The monoisotopic (exact) mass is 380 g/mol. The van der Waals surface area contributed by atoms with Crippen LogP contribution in [-0.2, 0) is 13.1 Å². The molecule has 0 amide bonds. The van der Waals surface area contributed by atoms with Crippen molar-refractivity contribution in [2.45, 2.75) is 39.1 Å². The van der Waals surface area contributed by atoms with Crippen LogP contribution in [-0.4, -0.2) is 38.9 Å². The second kappa shape index (κ2) is 9.86. The van der Waals surface area contributed by atoms with Crippen LogP contribution in [0.25, 0.3) is 0 Å². The molecule has 1 aromatic rings. The smallest absolute Gasteiger partial charge is 0.205 e. The van der Waals surface area contributed by atoms with Gasteiger partial charge in [-0.05, 0) is 6.92 Å². The predicted molar refractivity (Wildman–Crippen MR) is 67.6 cm³/mol. The molecule has 0 aliphatic heterocycles. The first-order chi connectivity index (χ1) is 9.99. The van der Waals surface area contributed by atoms with Crippen molar-refractivity contribution < 1.29 is 43.8 Å². The lowest BCUT2D eigenvalue weighted by molar-refractivity contribution is -2.00. The van der Waals surface area contributed by atoms with Gasteiger partial charge in [0.05, 0.1) is 23.6 Å². The van der Waals surface area contributed by atoms with Gasteiger partial charge in [0.15, 0.2) is 6.54 Å². The average molecular weight is 382 g/mol. The average Bonchev–Trinajstić information content (AvgIpc) is 2.63. The highest BCUT2D eigenvalue weighted by Crippen LogP contribution is 2.04. The third-order valence-corrected chi connectivity index (χ3v) is 3.36. The Balaban J connectivity index is 0.000000763. The highest BCUT2D eigenvalue weighted by molar-refractivity contribution is 6.18. The van der Waals surface area contributed by atoms with Crippen LogP contribution in [0.15, 0.2) is 6.07 Å². The number of alkyl halides is 2. The van der Waals surface area contributed by atoms with Crippen LogP contribution in [0.4, 0.5) is 0 Å². The fraction of sp³-hybridized carbons (Fsp3) is 0.727. The van der Waals surface area contributed by atoms with Gasteiger partial charge in [0.25, 0.3) is 0 Å². The number of halogens is 3. The van der Waals surface area contributed by atoms with E-state index >= 15 is 0 Å². The van der Waals surface area contributed by atoms with E-state index in [1.54, 1.807) is 0 Å². The first-order valence-electron chi connectivity index (χ1n) is 6.16. The van der Waals surface area contributed by atoms with Gasteiger partial charge in [-0.3, -0.25) is 0 Å². The van der Waals surface area contributed by atoms with Crippen molar-refractivity contribution in [2.75, 3.05) is 11.8 Å². The van der Waals surface area contributed by atoms with Crippen LogP contribution in [0, 0.1) is 24.1 Å². The third kappa shape index (κ3) is 9.09. The highest BCUT2D eigenvalue weighted by Gasteiger charge is 2.22. The summed E-state index contributed by atoms with van der Waals surface area (Å²) in [4.78, 5) is 0. The number of nitrogens with zero attached hydrogens (tertiary/aromatic N) is 2. The van der Waals surface area contributed by atoms with Gasteiger partial charge in [0, 0.05) is 13.0 Å². The molecule has 1 aromatic heterocycles. The van der Waals surface area contributed by atoms with Crippen molar-refractivity contribution in [3.05, 3.63) is 17.5 Å². The van der Waals surface area contributed by atoms with Gasteiger partial charge in [-0.2, -0.15) is 4.68 Å². The number of rotatable bonds is 6.